The van der Waals surface area contributed by atoms with Crippen LogP contribution in [-0.4, -0.2) is 54.7 Å². The maximum atomic E-state index is 12.7. The van der Waals surface area contributed by atoms with Crippen LogP contribution in [0, 0.1) is 0 Å². The topological polar surface area (TPSA) is 93.5 Å². The number of hydrogen-bond acceptors (Lipinski definition) is 5. The van der Waals surface area contributed by atoms with Gasteiger partial charge >= 0.3 is 6.18 Å². The molecule has 1 fully saturated rings. The summed E-state index contributed by atoms with van der Waals surface area (Å²) >= 11 is 0. The van der Waals surface area contributed by atoms with Crippen molar-refractivity contribution in [2.24, 2.45) is 0 Å². The Labute approximate surface area is 194 Å². The zero-order chi connectivity index (χ0) is 24.3. The van der Waals surface area contributed by atoms with E-state index in [2.05, 4.69) is 10.4 Å². The molecule has 34 heavy (non-hydrogen) atoms. The van der Waals surface area contributed by atoms with Crippen LogP contribution in [0.2, 0.25) is 0 Å². The number of carbonyl (C=O) groups is 1. The highest BCUT2D eigenvalue weighted by atomic mass is 32.2. The van der Waals surface area contributed by atoms with Crippen molar-refractivity contribution in [1.29, 1.82) is 0 Å². The Kier molecular flexibility index (Phi) is 6.73. The molecule has 1 N–H and O–H groups in total. The lowest BCUT2D eigenvalue weighted by Gasteiger charge is -2.26. The third kappa shape index (κ3) is 5.29. The van der Waals surface area contributed by atoms with Gasteiger partial charge in [0.1, 0.15) is 0 Å². The number of benzene rings is 2. The van der Waals surface area contributed by atoms with E-state index in [4.69, 9.17) is 4.74 Å². The number of nitrogens with one attached hydrogen (secondary N) is 1. The Bertz CT molecular complexity index is 1250. The number of alkyl halides is 3. The molecule has 4 rings (SSSR count). The first kappa shape index (κ1) is 23.9. The Morgan fingerprint density at radius 2 is 1.65 bits per heavy atom. The van der Waals surface area contributed by atoms with E-state index in [-0.39, 0.29) is 30.4 Å². The van der Waals surface area contributed by atoms with E-state index in [9.17, 15) is 26.4 Å². The Morgan fingerprint density at radius 3 is 2.24 bits per heavy atom. The number of rotatable bonds is 6. The summed E-state index contributed by atoms with van der Waals surface area (Å²) < 4.78 is 71.1. The van der Waals surface area contributed by atoms with Crippen LogP contribution in [0.1, 0.15) is 21.6 Å². The first-order valence-corrected chi connectivity index (χ1v) is 11.8. The van der Waals surface area contributed by atoms with Crippen molar-refractivity contribution in [1.82, 2.24) is 19.4 Å². The van der Waals surface area contributed by atoms with Gasteiger partial charge in [-0.25, -0.2) is 13.1 Å². The minimum atomic E-state index is -4.51. The fourth-order valence-corrected chi connectivity index (χ4v) is 4.79. The summed E-state index contributed by atoms with van der Waals surface area (Å²) in [6.45, 7) is 1.44. The zero-order valence-corrected chi connectivity index (χ0v) is 18.6. The van der Waals surface area contributed by atoms with Crippen LogP contribution >= 0.6 is 0 Å². The smallest absolute Gasteiger partial charge is 0.379 e. The molecule has 1 amide bonds. The molecule has 1 aliphatic rings. The molecule has 0 bridgehead atoms. The van der Waals surface area contributed by atoms with Gasteiger partial charge in [-0.05, 0) is 48.0 Å². The third-order valence-corrected chi connectivity index (χ3v) is 7.17. The molecule has 0 aliphatic carbocycles. The van der Waals surface area contributed by atoms with Gasteiger partial charge in [-0.2, -0.15) is 22.6 Å². The summed E-state index contributed by atoms with van der Waals surface area (Å²) in [5.74, 6) is -0.388. The molecular weight excluding hydrogens is 473 g/mol. The average Bonchev–Trinajstić information content (AvgIpc) is 3.35. The first-order valence-electron chi connectivity index (χ1n) is 10.3. The number of amides is 1. The maximum Gasteiger partial charge on any atom is 0.435 e. The number of aromatic nitrogens is 2. The van der Waals surface area contributed by atoms with Gasteiger partial charge in [0.05, 0.1) is 23.8 Å². The number of nitrogens with zero attached hydrogens (tertiary/aromatic N) is 3. The predicted molar refractivity (Wildman–Crippen MR) is 116 cm³/mol. The number of sulfonamides is 1. The minimum Gasteiger partial charge on any atom is -0.379 e. The molecule has 3 aromatic rings. The van der Waals surface area contributed by atoms with Gasteiger partial charge in [0.15, 0.2) is 5.69 Å². The van der Waals surface area contributed by atoms with Crippen molar-refractivity contribution in [3.8, 4) is 5.69 Å². The fraction of sp³-hybridized carbons (Fsp3) is 0.273. The molecule has 0 spiro atoms. The molecule has 2 aromatic carbocycles. The molecule has 8 nitrogen and oxygen atoms in total. The number of hydrogen-bond donors (Lipinski definition) is 1. The maximum absolute atomic E-state index is 12.7. The molecule has 1 aromatic heterocycles. The normalized spacial score (nSPS) is 15.3. The molecular formula is C22H21F3N4O4S. The van der Waals surface area contributed by atoms with E-state index in [1.807, 2.05) is 0 Å². The largest absolute Gasteiger partial charge is 0.435 e. The predicted octanol–water partition coefficient (Wildman–Crippen LogP) is 2.84. The molecule has 12 heteroatoms. The van der Waals surface area contributed by atoms with Crippen molar-refractivity contribution in [3.05, 3.63) is 77.6 Å². The zero-order valence-electron chi connectivity index (χ0n) is 17.8. The van der Waals surface area contributed by atoms with Crippen molar-refractivity contribution < 1.29 is 31.1 Å². The molecule has 0 atom stereocenters. The van der Waals surface area contributed by atoms with Crippen molar-refractivity contribution in [2.45, 2.75) is 17.6 Å². The van der Waals surface area contributed by atoms with Gasteiger partial charge in [0, 0.05) is 31.4 Å². The molecule has 1 aliphatic heterocycles. The number of carbonyl (C=O) groups excluding carboxylic acids is 1. The summed E-state index contributed by atoms with van der Waals surface area (Å²) in [5, 5.41) is 6.25. The molecule has 180 valence electrons. The fourth-order valence-electron chi connectivity index (χ4n) is 3.38. The quantitative estimate of drug-likeness (QED) is 0.569. The van der Waals surface area contributed by atoms with Gasteiger partial charge in [-0.3, -0.25) is 4.79 Å². The number of halogens is 3. The number of morpholine rings is 1. The first-order chi connectivity index (χ1) is 16.1. The van der Waals surface area contributed by atoms with Gasteiger partial charge in [0.25, 0.3) is 5.91 Å². The van der Waals surface area contributed by atoms with Crippen LogP contribution in [0.3, 0.4) is 0 Å². The monoisotopic (exact) mass is 494 g/mol. The summed E-state index contributed by atoms with van der Waals surface area (Å²) in [6.07, 6.45) is -3.29. The highest BCUT2D eigenvalue weighted by Gasteiger charge is 2.33. The van der Waals surface area contributed by atoms with Gasteiger partial charge in [-0.15, -0.1) is 0 Å². The van der Waals surface area contributed by atoms with Crippen molar-refractivity contribution >= 4 is 15.9 Å². The number of ether oxygens (including phenoxy) is 1. The standard InChI is InChI=1S/C22H21F3N4O4S/c23-22(24,25)20-9-10-29(27-20)18-5-1-16(2-6-18)15-26-21(30)17-3-7-19(8-4-17)34(31,32)28-11-13-33-14-12-28/h1-10H,11-15H2,(H,26,30). The Morgan fingerprint density at radius 1 is 1.00 bits per heavy atom. The lowest BCUT2D eigenvalue weighted by Crippen LogP contribution is -2.40. The SMILES string of the molecule is O=C(NCc1ccc(-n2ccc(C(F)(F)F)n2)cc1)c1ccc(S(=O)(=O)N2CCOCC2)cc1. The van der Waals surface area contributed by atoms with Gasteiger partial charge in [-0.1, -0.05) is 12.1 Å². The van der Waals surface area contributed by atoms with Crippen LogP contribution in [0.15, 0.2) is 65.7 Å². The third-order valence-electron chi connectivity index (χ3n) is 5.26. The Hall–Kier alpha value is -3.22. The van der Waals surface area contributed by atoms with E-state index < -0.39 is 21.9 Å². The second-order valence-corrected chi connectivity index (χ2v) is 9.47. The molecule has 0 saturated carbocycles. The average molecular weight is 494 g/mol. The van der Waals surface area contributed by atoms with Crippen molar-refractivity contribution in [2.75, 3.05) is 26.3 Å². The molecule has 1 saturated heterocycles. The van der Waals surface area contributed by atoms with Gasteiger partial charge in [0.2, 0.25) is 10.0 Å². The summed E-state index contributed by atoms with van der Waals surface area (Å²) in [7, 11) is -3.64. The van der Waals surface area contributed by atoms with Crippen LogP contribution < -0.4 is 5.32 Å². The van der Waals surface area contributed by atoms with E-state index in [0.717, 1.165) is 16.3 Å². The minimum absolute atomic E-state index is 0.105. The second kappa shape index (κ2) is 9.57. The molecule has 0 radical (unpaired) electrons. The van der Waals surface area contributed by atoms with Crippen LogP contribution in [0.4, 0.5) is 13.2 Å². The summed E-state index contributed by atoms with van der Waals surface area (Å²) in [4.78, 5) is 12.6. The van der Waals surface area contributed by atoms with E-state index >= 15 is 0 Å². The van der Waals surface area contributed by atoms with Crippen LogP contribution in [0.25, 0.3) is 5.69 Å². The van der Waals surface area contributed by atoms with Crippen LogP contribution in [-0.2, 0) is 27.5 Å². The second-order valence-electron chi connectivity index (χ2n) is 7.53. The highest BCUT2D eigenvalue weighted by Crippen LogP contribution is 2.28. The summed E-state index contributed by atoms with van der Waals surface area (Å²) in [6, 6.07) is 13.1. The lowest BCUT2D eigenvalue weighted by atomic mass is 10.2. The molecule has 0 unspecified atom stereocenters. The van der Waals surface area contributed by atoms with Gasteiger partial charge < -0.3 is 10.1 Å². The van der Waals surface area contributed by atoms with Crippen molar-refractivity contribution in [3.63, 3.8) is 0 Å². The van der Waals surface area contributed by atoms with Crippen LogP contribution in [0.5, 0.6) is 0 Å². The highest BCUT2D eigenvalue weighted by molar-refractivity contribution is 7.89. The Balaban J connectivity index is 1.36. The van der Waals surface area contributed by atoms with E-state index in [1.54, 1.807) is 24.3 Å². The van der Waals surface area contributed by atoms with E-state index in [1.165, 1.54) is 34.8 Å². The van der Waals surface area contributed by atoms with E-state index in [0.29, 0.717) is 24.5 Å². The lowest BCUT2D eigenvalue weighted by molar-refractivity contribution is -0.141. The summed E-state index contributed by atoms with van der Waals surface area (Å²) in [5.41, 5.74) is 0.496. The molecule has 2 heterocycles.